The third kappa shape index (κ3) is 4.08. The number of anilines is 2. The second-order valence-corrected chi connectivity index (χ2v) is 9.59. The Bertz CT molecular complexity index is 1290. The maximum atomic E-state index is 13.8. The summed E-state index contributed by atoms with van der Waals surface area (Å²) in [7, 11) is 0. The Morgan fingerprint density at radius 2 is 2.00 bits per heavy atom. The third-order valence-corrected chi connectivity index (χ3v) is 7.25. The molecule has 0 aromatic carbocycles. The molecule has 182 valence electrons. The van der Waals surface area contributed by atoms with Crippen LogP contribution in [0.4, 0.5) is 24.8 Å². The molecule has 3 aliphatic rings. The van der Waals surface area contributed by atoms with Gasteiger partial charge in [-0.25, -0.2) is 9.97 Å². The van der Waals surface area contributed by atoms with Crippen LogP contribution in [0.3, 0.4) is 0 Å². The molecule has 0 bridgehead atoms. The molecule has 8 nitrogen and oxygen atoms in total. The zero-order valence-electron chi connectivity index (χ0n) is 18.8. The zero-order valence-corrected chi connectivity index (χ0v) is 18.8. The van der Waals surface area contributed by atoms with Crippen molar-refractivity contribution in [2.75, 3.05) is 23.7 Å². The van der Waals surface area contributed by atoms with E-state index < -0.39 is 11.9 Å². The molecule has 0 radical (unpaired) electrons. The largest absolute Gasteiger partial charge is 0.433 e. The number of rotatable bonds is 5. The van der Waals surface area contributed by atoms with Gasteiger partial charge >= 0.3 is 6.18 Å². The number of nitrogens with zero attached hydrogens (tertiary/aromatic N) is 5. The van der Waals surface area contributed by atoms with Crippen molar-refractivity contribution in [2.45, 2.75) is 38.0 Å². The molecule has 1 amide bonds. The molecule has 2 unspecified atom stereocenters. The molecule has 4 heterocycles. The van der Waals surface area contributed by atoms with Gasteiger partial charge in [-0.2, -0.15) is 18.3 Å². The molecule has 2 fully saturated rings. The SMILES string of the molecule is Nc1nccc2c1CC[C@H]2NC(=O)c1cnn(Cc2ccc(N3CC4CC4C3)nc2C(F)(F)F)c1. The number of hydrogen-bond donors (Lipinski definition) is 2. The molecule has 0 spiro atoms. The first kappa shape index (κ1) is 21.9. The van der Waals surface area contributed by atoms with E-state index in [0.29, 0.717) is 29.9 Å². The van der Waals surface area contributed by atoms with Gasteiger partial charge in [0.2, 0.25) is 0 Å². The average Bonchev–Trinajstić information content (AvgIpc) is 3.18. The number of carbonyl (C=O) groups is 1. The summed E-state index contributed by atoms with van der Waals surface area (Å²) in [6.45, 7) is 1.39. The average molecular weight is 483 g/mol. The summed E-state index contributed by atoms with van der Waals surface area (Å²) in [5, 5.41) is 7.09. The highest BCUT2D eigenvalue weighted by atomic mass is 19.4. The number of nitrogen functional groups attached to an aromatic ring is 1. The quantitative estimate of drug-likeness (QED) is 0.578. The van der Waals surface area contributed by atoms with Crippen molar-refractivity contribution >= 4 is 17.5 Å². The maximum absolute atomic E-state index is 13.8. The number of aromatic nitrogens is 4. The molecular weight excluding hydrogens is 459 g/mol. The molecule has 3 atom stereocenters. The van der Waals surface area contributed by atoms with Crippen molar-refractivity contribution in [3.05, 3.63) is 64.7 Å². The predicted octanol–water partition coefficient (Wildman–Crippen LogP) is 3.20. The van der Waals surface area contributed by atoms with E-state index >= 15 is 0 Å². The standard InChI is InChI=1S/C24H24F3N7O/c25-24(26,27)21-13(1-4-20(32-21)33-9-14-7-15(14)10-33)11-34-12-16(8-30-34)23(35)31-19-3-2-18-17(19)5-6-29-22(18)28/h1,4-6,8,12,14-15,19H,2-3,7,9-11H2,(H2,28,29)(H,31,35)/t14?,15?,19-/m1/s1. The Morgan fingerprint density at radius 1 is 1.20 bits per heavy atom. The summed E-state index contributed by atoms with van der Waals surface area (Å²) >= 11 is 0. The molecule has 11 heteroatoms. The van der Waals surface area contributed by atoms with Crippen molar-refractivity contribution in [3.63, 3.8) is 0 Å². The second-order valence-electron chi connectivity index (χ2n) is 9.59. The van der Waals surface area contributed by atoms with E-state index in [1.165, 1.54) is 23.1 Å². The van der Waals surface area contributed by atoms with Crippen molar-refractivity contribution < 1.29 is 18.0 Å². The van der Waals surface area contributed by atoms with Crippen LogP contribution in [0.15, 0.2) is 36.8 Å². The molecule has 3 aromatic rings. The van der Waals surface area contributed by atoms with E-state index in [4.69, 9.17) is 5.73 Å². The molecule has 1 saturated heterocycles. The summed E-state index contributed by atoms with van der Waals surface area (Å²) < 4.78 is 42.8. The van der Waals surface area contributed by atoms with Crippen LogP contribution in [-0.4, -0.2) is 38.7 Å². The minimum absolute atomic E-state index is 0.00774. The van der Waals surface area contributed by atoms with E-state index in [1.54, 1.807) is 12.3 Å². The summed E-state index contributed by atoms with van der Waals surface area (Å²) in [5.74, 6) is 1.66. The number of alkyl halides is 3. The number of nitrogens with one attached hydrogen (secondary N) is 1. The summed E-state index contributed by atoms with van der Waals surface area (Å²) in [5.41, 5.74) is 7.17. The summed E-state index contributed by atoms with van der Waals surface area (Å²) in [4.78, 5) is 22.8. The first-order valence-electron chi connectivity index (χ1n) is 11.6. The second kappa shape index (κ2) is 7.96. The summed E-state index contributed by atoms with van der Waals surface area (Å²) in [6, 6.07) is 4.75. The lowest BCUT2D eigenvalue weighted by molar-refractivity contribution is -0.141. The van der Waals surface area contributed by atoms with Gasteiger partial charge in [0, 0.05) is 31.0 Å². The van der Waals surface area contributed by atoms with Crippen molar-refractivity contribution in [1.82, 2.24) is 25.1 Å². The van der Waals surface area contributed by atoms with E-state index in [-0.39, 0.29) is 29.6 Å². The zero-order chi connectivity index (χ0) is 24.3. The van der Waals surface area contributed by atoms with Crippen LogP contribution in [-0.2, 0) is 19.1 Å². The van der Waals surface area contributed by atoms with Crippen molar-refractivity contribution in [1.29, 1.82) is 0 Å². The number of piperidine rings is 1. The summed E-state index contributed by atoms with van der Waals surface area (Å²) in [6.07, 6.45) is 2.42. The van der Waals surface area contributed by atoms with Gasteiger partial charge in [-0.05, 0) is 54.4 Å². The molecule has 1 saturated carbocycles. The maximum Gasteiger partial charge on any atom is 0.433 e. The first-order chi connectivity index (χ1) is 16.8. The predicted molar refractivity (Wildman–Crippen MR) is 122 cm³/mol. The van der Waals surface area contributed by atoms with E-state index in [9.17, 15) is 18.0 Å². The number of nitrogens with two attached hydrogens (primary N) is 1. The molecular formula is C24H24F3N7O. The van der Waals surface area contributed by atoms with Crippen molar-refractivity contribution in [2.24, 2.45) is 11.8 Å². The number of halogens is 3. The molecule has 6 rings (SSSR count). The van der Waals surface area contributed by atoms with Gasteiger partial charge < -0.3 is 16.0 Å². The van der Waals surface area contributed by atoms with Gasteiger partial charge in [0.15, 0.2) is 5.69 Å². The number of amides is 1. The van der Waals surface area contributed by atoms with Crippen LogP contribution in [0.25, 0.3) is 0 Å². The van der Waals surface area contributed by atoms with Gasteiger partial charge in [0.25, 0.3) is 5.91 Å². The fourth-order valence-electron chi connectivity index (χ4n) is 5.31. The number of pyridine rings is 2. The highest BCUT2D eigenvalue weighted by molar-refractivity contribution is 5.94. The fraction of sp³-hybridized carbons (Fsp3) is 0.417. The number of fused-ring (bicyclic) bond motifs is 2. The minimum atomic E-state index is -4.59. The Balaban J connectivity index is 1.18. The molecule has 3 aromatic heterocycles. The molecule has 35 heavy (non-hydrogen) atoms. The third-order valence-electron chi connectivity index (χ3n) is 7.25. The van der Waals surface area contributed by atoms with Crippen LogP contribution >= 0.6 is 0 Å². The highest BCUT2D eigenvalue weighted by Crippen LogP contribution is 2.46. The van der Waals surface area contributed by atoms with Gasteiger partial charge in [-0.3, -0.25) is 9.48 Å². The lowest BCUT2D eigenvalue weighted by Gasteiger charge is -2.21. The fourth-order valence-corrected chi connectivity index (χ4v) is 5.31. The van der Waals surface area contributed by atoms with Gasteiger partial charge in [-0.15, -0.1) is 0 Å². The monoisotopic (exact) mass is 483 g/mol. The molecule has 1 aliphatic heterocycles. The van der Waals surface area contributed by atoms with Crippen LogP contribution in [0.2, 0.25) is 0 Å². The Kier molecular flexibility index (Phi) is 4.97. The molecule has 2 aliphatic carbocycles. The van der Waals surface area contributed by atoms with E-state index in [1.807, 2.05) is 11.0 Å². The number of carbonyl (C=O) groups excluding carboxylic acids is 1. The number of hydrogen-bond acceptors (Lipinski definition) is 6. The Hall–Kier alpha value is -3.63. The minimum Gasteiger partial charge on any atom is -0.383 e. The Labute approximate surface area is 199 Å². The van der Waals surface area contributed by atoms with Gasteiger partial charge in [0.1, 0.15) is 11.6 Å². The van der Waals surface area contributed by atoms with E-state index in [2.05, 4.69) is 20.4 Å². The smallest absolute Gasteiger partial charge is 0.383 e. The van der Waals surface area contributed by atoms with Gasteiger partial charge in [-0.1, -0.05) is 6.07 Å². The lowest BCUT2D eigenvalue weighted by Crippen LogP contribution is -2.27. The van der Waals surface area contributed by atoms with Crippen LogP contribution < -0.4 is 16.0 Å². The van der Waals surface area contributed by atoms with Crippen molar-refractivity contribution in [3.8, 4) is 0 Å². The Morgan fingerprint density at radius 3 is 2.77 bits per heavy atom. The highest BCUT2D eigenvalue weighted by Gasteiger charge is 2.46. The topological polar surface area (TPSA) is 102 Å². The normalized spacial score (nSPS) is 22.7. The lowest BCUT2D eigenvalue weighted by atomic mass is 10.1. The van der Waals surface area contributed by atoms with Crippen LogP contribution in [0, 0.1) is 11.8 Å². The van der Waals surface area contributed by atoms with Crippen LogP contribution in [0.5, 0.6) is 0 Å². The first-order valence-corrected chi connectivity index (χ1v) is 11.6. The van der Waals surface area contributed by atoms with Gasteiger partial charge in [0.05, 0.1) is 24.3 Å². The molecule has 3 N–H and O–H groups in total. The van der Waals surface area contributed by atoms with Crippen LogP contribution in [0.1, 0.15) is 51.6 Å². The van der Waals surface area contributed by atoms with E-state index in [0.717, 1.165) is 37.1 Å².